The molecule has 0 saturated carbocycles. The van der Waals surface area contributed by atoms with Gasteiger partial charge in [0, 0.05) is 0 Å². The van der Waals surface area contributed by atoms with Gasteiger partial charge in [0.1, 0.15) is 0 Å². The predicted molar refractivity (Wildman–Crippen MR) is 43.5 cm³/mol. The zero-order valence-electron chi connectivity index (χ0n) is 6.80. The van der Waals surface area contributed by atoms with E-state index in [0.29, 0.717) is 6.42 Å². The second-order valence-electron chi connectivity index (χ2n) is 2.32. The number of hydrogen-bond acceptors (Lipinski definition) is 3. The van der Waals surface area contributed by atoms with Gasteiger partial charge in [0.2, 0.25) is 0 Å². The van der Waals surface area contributed by atoms with Crippen molar-refractivity contribution in [3.8, 4) is 0 Å². The fourth-order valence-corrected chi connectivity index (χ4v) is 0.885. The van der Waals surface area contributed by atoms with Crippen molar-refractivity contribution in [1.29, 1.82) is 0 Å². The summed E-state index contributed by atoms with van der Waals surface area (Å²) in [5, 5.41) is 8.53. The van der Waals surface area contributed by atoms with Crippen molar-refractivity contribution in [2.24, 2.45) is 0 Å². The van der Waals surface area contributed by atoms with Gasteiger partial charge in [-0.15, -0.1) is 0 Å². The van der Waals surface area contributed by atoms with Crippen LogP contribution < -0.4 is 0 Å². The van der Waals surface area contributed by atoms with Gasteiger partial charge in [-0.25, -0.2) is 4.57 Å². The molecule has 0 heterocycles. The third-order valence-electron chi connectivity index (χ3n) is 1.12. The molecule has 0 aliphatic heterocycles. The van der Waals surface area contributed by atoms with Crippen LogP contribution in [-0.4, -0.2) is 28.1 Å². The first-order valence-corrected chi connectivity index (χ1v) is 4.95. The maximum absolute atomic E-state index is 10.1. The monoisotopic (exact) mass is 196 g/mol. The van der Waals surface area contributed by atoms with E-state index in [1.807, 2.05) is 0 Å². The Kier molecular flexibility index (Phi) is 5.37. The average Bonchev–Trinajstić information content (AvgIpc) is 1.96. The minimum absolute atomic E-state index is 0.0401. The normalized spacial score (nSPS) is 13.5. The molecular weight excluding hydrogens is 183 g/mol. The smallest absolute Gasteiger partial charge is 0.392 e. The number of phosphoric ester groups is 1. The van der Waals surface area contributed by atoms with Crippen LogP contribution in [0.3, 0.4) is 0 Å². The molecule has 0 fully saturated rings. The predicted octanol–water partition coefficient (Wildman–Crippen LogP) is 0.424. The van der Waals surface area contributed by atoms with E-state index in [-0.39, 0.29) is 13.2 Å². The fourth-order valence-electron chi connectivity index (χ4n) is 0.541. The van der Waals surface area contributed by atoms with Crippen LogP contribution in [0.2, 0.25) is 0 Å². The second kappa shape index (κ2) is 5.45. The highest BCUT2D eigenvalue weighted by Crippen LogP contribution is 2.35. The molecule has 5 nitrogen and oxygen atoms in total. The Balaban J connectivity index is 3.52. The quantitative estimate of drug-likeness (QED) is 0.337. The number of aliphatic hydroxyl groups is 1. The van der Waals surface area contributed by atoms with Gasteiger partial charge in [-0.1, -0.05) is 11.6 Å². The van der Waals surface area contributed by atoms with Crippen molar-refractivity contribution in [2.75, 3.05) is 13.2 Å². The van der Waals surface area contributed by atoms with Crippen molar-refractivity contribution >= 4 is 7.82 Å². The number of aliphatic hydroxyl groups excluding tert-OH is 1. The molecule has 0 bridgehead atoms. The first-order chi connectivity index (χ1) is 5.45. The standard InChI is InChI=1S/C6H13O5P/c1-6(5-7)3-2-4-11-12(8,9)10/h3,7H,2,4-5H2,1H3,(H2,8,9,10)/b6-3+. The van der Waals surface area contributed by atoms with E-state index in [1.165, 1.54) is 0 Å². The molecule has 0 aromatic carbocycles. The summed E-state index contributed by atoms with van der Waals surface area (Å²) in [5.41, 5.74) is 0.754. The van der Waals surface area contributed by atoms with Crippen LogP contribution in [0.5, 0.6) is 0 Å². The highest BCUT2D eigenvalue weighted by molar-refractivity contribution is 7.46. The summed E-state index contributed by atoms with van der Waals surface area (Å²) in [7, 11) is -4.33. The SMILES string of the molecule is C/C(=C\CCOP(=O)(O)O)CO. The molecule has 12 heavy (non-hydrogen) atoms. The Labute approximate surface area is 70.9 Å². The summed E-state index contributed by atoms with van der Waals surface area (Å²) in [5.74, 6) is 0. The molecule has 0 rings (SSSR count). The van der Waals surface area contributed by atoms with Gasteiger partial charge in [0.25, 0.3) is 0 Å². The maximum Gasteiger partial charge on any atom is 0.469 e. The summed E-state index contributed by atoms with van der Waals surface area (Å²) in [6.45, 7) is 1.63. The molecule has 0 atom stereocenters. The van der Waals surface area contributed by atoms with Crippen LogP contribution in [0.4, 0.5) is 0 Å². The summed E-state index contributed by atoms with van der Waals surface area (Å²) < 4.78 is 14.3. The third-order valence-corrected chi connectivity index (χ3v) is 1.64. The largest absolute Gasteiger partial charge is 0.469 e. The fraction of sp³-hybridized carbons (Fsp3) is 0.667. The van der Waals surface area contributed by atoms with Crippen LogP contribution in [0, 0.1) is 0 Å². The Hall–Kier alpha value is -0.190. The molecule has 0 aliphatic rings. The summed E-state index contributed by atoms with van der Waals surface area (Å²) in [4.78, 5) is 16.5. The van der Waals surface area contributed by atoms with E-state index in [2.05, 4.69) is 4.52 Å². The molecule has 3 N–H and O–H groups in total. The lowest BCUT2D eigenvalue weighted by molar-refractivity contribution is 0.200. The van der Waals surface area contributed by atoms with Crippen molar-refractivity contribution in [3.05, 3.63) is 11.6 Å². The Morgan fingerprint density at radius 1 is 1.58 bits per heavy atom. The van der Waals surface area contributed by atoms with E-state index >= 15 is 0 Å². The van der Waals surface area contributed by atoms with Gasteiger partial charge in [0.15, 0.2) is 0 Å². The van der Waals surface area contributed by atoms with Gasteiger partial charge in [-0.3, -0.25) is 4.52 Å². The molecule has 0 saturated heterocycles. The van der Waals surface area contributed by atoms with Gasteiger partial charge in [0.05, 0.1) is 13.2 Å². The third kappa shape index (κ3) is 7.91. The molecule has 72 valence electrons. The van der Waals surface area contributed by atoms with E-state index in [1.54, 1.807) is 13.0 Å². The Morgan fingerprint density at radius 2 is 2.17 bits per heavy atom. The highest BCUT2D eigenvalue weighted by atomic mass is 31.2. The highest BCUT2D eigenvalue weighted by Gasteiger charge is 2.11. The topological polar surface area (TPSA) is 87.0 Å². The Bertz CT molecular complexity index is 194. The van der Waals surface area contributed by atoms with E-state index in [9.17, 15) is 4.57 Å². The van der Waals surface area contributed by atoms with Crippen LogP contribution in [0.1, 0.15) is 13.3 Å². The zero-order chi connectivity index (χ0) is 9.61. The Morgan fingerprint density at radius 3 is 2.58 bits per heavy atom. The van der Waals surface area contributed by atoms with E-state index in [4.69, 9.17) is 14.9 Å². The molecule has 0 radical (unpaired) electrons. The second-order valence-corrected chi connectivity index (χ2v) is 3.56. The van der Waals surface area contributed by atoms with Crippen molar-refractivity contribution in [3.63, 3.8) is 0 Å². The van der Waals surface area contributed by atoms with Crippen LogP contribution in [0.25, 0.3) is 0 Å². The van der Waals surface area contributed by atoms with Crippen molar-refractivity contribution in [1.82, 2.24) is 0 Å². The van der Waals surface area contributed by atoms with Gasteiger partial charge in [-0.2, -0.15) is 0 Å². The lowest BCUT2D eigenvalue weighted by atomic mass is 10.2. The molecular formula is C6H13O5P. The van der Waals surface area contributed by atoms with Gasteiger partial charge >= 0.3 is 7.82 Å². The van der Waals surface area contributed by atoms with E-state index in [0.717, 1.165) is 5.57 Å². The van der Waals surface area contributed by atoms with Crippen LogP contribution in [0.15, 0.2) is 11.6 Å². The minimum Gasteiger partial charge on any atom is -0.392 e. The lowest BCUT2D eigenvalue weighted by Crippen LogP contribution is -1.91. The summed E-state index contributed by atoms with van der Waals surface area (Å²) >= 11 is 0. The molecule has 0 unspecified atom stereocenters. The lowest BCUT2D eigenvalue weighted by Gasteiger charge is -2.02. The van der Waals surface area contributed by atoms with Crippen LogP contribution in [-0.2, 0) is 9.09 Å². The number of phosphoric acid groups is 1. The molecule has 0 aliphatic carbocycles. The number of rotatable bonds is 5. The molecule has 0 spiro atoms. The molecule has 0 aromatic heterocycles. The van der Waals surface area contributed by atoms with Crippen molar-refractivity contribution in [2.45, 2.75) is 13.3 Å². The first kappa shape index (κ1) is 11.8. The molecule has 6 heteroatoms. The number of hydrogen-bond donors (Lipinski definition) is 3. The zero-order valence-corrected chi connectivity index (χ0v) is 7.70. The average molecular weight is 196 g/mol. The maximum atomic E-state index is 10.1. The summed E-state index contributed by atoms with van der Waals surface area (Å²) in [6, 6.07) is 0. The minimum atomic E-state index is -4.33. The first-order valence-electron chi connectivity index (χ1n) is 3.42. The van der Waals surface area contributed by atoms with Gasteiger partial charge < -0.3 is 14.9 Å². The van der Waals surface area contributed by atoms with Crippen molar-refractivity contribution < 1.29 is 24.0 Å². The van der Waals surface area contributed by atoms with E-state index < -0.39 is 7.82 Å². The molecule has 0 aromatic rings. The molecule has 0 amide bonds. The van der Waals surface area contributed by atoms with Crippen LogP contribution >= 0.6 is 7.82 Å². The van der Waals surface area contributed by atoms with Gasteiger partial charge in [-0.05, 0) is 13.3 Å². The summed E-state index contributed by atoms with van der Waals surface area (Å²) in [6.07, 6.45) is 2.05.